The van der Waals surface area contributed by atoms with Gasteiger partial charge in [0.05, 0.1) is 9.92 Å². The third-order valence-electron chi connectivity index (χ3n) is 6.97. The first-order valence-corrected chi connectivity index (χ1v) is 13.3. The fourth-order valence-corrected chi connectivity index (χ4v) is 5.58. The number of benzene rings is 2. The Balaban J connectivity index is 1.73. The van der Waals surface area contributed by atoms with Crippen LogP contribution < -0.4 is 10.0 Å². The van der Waals surface area contributed by atoms with Crippen LogP contribution in [0, 0.1) is 12.8 Å². The van der Waals surface area contributed by atoms with E-state index in [0.29, 0.717) is 16.0 Å². The quantitative estimate of drug-likeness (QED) is 0.495. The van der Waals surface area contributed by atoms with Crippen molar-refractivity contribution < 1.29 is 4.21 Å². The lowest BCUT2D eigenvalue weighted by Gasteiger charge is -2.42. The van der Waals surface area contributed by atoms with Crippen LogP contribution in [-0.4, -0.2) is 35.8 Å². The lowest BCUT2D eigenvalue weighted by molar-refractivity contribution is 0.146. The van der Waals surface area contributed by atoms with Gasteiger partial charge < -0.3 is 9.80 Å². The molecule has 2 N–H and O–H groups in total. The summed E-state index contributed by atoms with van der Waals surface area (Å²) in [5, 5.41) is 6.29. The molecular weight excluding hydrogens is 450 g/mol. The highest BCUT2D eigenvalue weighted by Crippen LogP contribution is 2.38. The summed E-state index contributed by atoms with van der Waals surface area (Å²) in [6, 6.07) is 12.2. The van der Waals surface area contributed by atoms with Gasteiger partial charge in [0.2, 0.25) is 0 Å². The van der Waals surface area contributed by atoms with Crippen molar-refractivity contribution in [3.8, 4) is 11.1 Å². The largest absolute Gasteiger partial charge is 0.340 e. The minimum atomic E-state index is -1.52. The summed E-state index contributed by atoms with van der Waals surface area (Å²) in [4.78, 5) is 5.43. The maximum Gasteiger partial charge on any atom is 0.122 e. The molecule has 33 heavy (non-hydrogen) atoms. The second kappa shape index (κ2) is 10.6. The Labute approximate surface area is 205 Å². The first kappa shape index (κ1) is 24.2. The van der Waals surface area contributed by atoms with E-state index < -0.39 is 11.0 Å². The topological polar surface area (TPSA) is 49.6 Å². The third kappa shape index (κ3) is 5.43. The molecule has 2 atom stereocenters. The van der Waals surface area contributed by atoms with Crippen LogP contribution in [0.4, 0.5) is 5.69 Å². The van der Waals surface area contributed by atoms with E-state index >= 15 is 0 Å². The van der Waals surface area contributed by atoms with E-state index in [2.05, 4.69) is 61.2 Å². The number of allylic oxidation sites excluding steroid dienone is 3. The van der Waals surface area contributed by atoms with E-state index in [4.69, 9.17) is 16.7 Å². The van der Waals surface area contributed by atoms with Crippen LogP contribution >= 0.6 is 11.6 Å². The second-order valence-electron chi connectivity index (χ2n) is 9.39. The van der Waals surface area contributed by atoms with Crippen LogP contribution in [-0.2, 0) is 11.0 Å². The highest BCUT2D eigenvalue weighted by Gasteiger charge is 2.31. The zero-order valence-corrected chi connectivity index (χ0v) is 21.3. The fourth-order valence-electron chi connectivity index (χ4n) is 4.86. The molecule has 0 spiro atoms. The van der Waals surface area contributed by atoms with Crippen LogP contribution in [0.25, 0.3) is 11.1 Å². The average Bonchev–Trinajstić information content (AvgIpc) is 2.77. The van der Waals surface area contributed by atoms with E-state index in [0.717, 1.165) is 42.1 Å². The third-order valence-corrected chi connectivity index (χ3v) is 8.00. The Morgan fingerprint density at radius 1 is 1.18 bits per heavy atom. The summed E-state index contributed by atoms with van der Waals surface area (Å²) in [5.41, 5.74) is 5.42. The van der Waals surface area contributed by atoms with Gasteiger partial charge in [-0.2, -0.15) is 0 Å². The van der Waals surface area contributed by atoms with E-state index in [9.17, 15) is 4.21 Å². The summed E-state index contributed by atoms with van der Waals surface area (Å²) >= 11 is 6.87. The predicted molar refractivity (Wildman–Crippen MR) is 141 cm³/mol. The molecular formula is C27H34ClN3OS. The number of rotatable bonds is 8. The summed E-state index contributed by atoms with van der Waals surface area (Å²) in [6.07, 6.45) is 13.0. The first-order valence-electron chi connectivity index (χ1n) is 11.7. The van der Waals surface area contributed by atoms with Gasteiger partial charge in [-0.3, -0.25) is 0 Å². The van der Waals surface area contributed by atoms with Crippen LogP contribution in [0.3, 0.4) is 0 Å². The lowest BCUT2D eigenvalue weighted by Crippen LogP contribution is -2.47. The average molecular weight is 484 g/mol. The maximum absolute atomic E-state index is 11.8. The van der Waals surface area contributed by atoms with Crippen molar-refractivity contribution in [2.75, 3.05) is 25.5 Å². The molecule has 0 saturated heterocycles. The van der Waals surface area contributed by atoms with Crippen LogP contribution in [0.15, 0.2) is 65.2 Å². The molecule has 2 aliphatic rings. The number of nitrogens with zero attached hydrogens (tertiary/aromatic N) is 2. The van der Waals surface area contributed by atoms with Gasteiger partial charge in [0.15, 0.2) is 0 Å². The van der Waals surface area contributed by atoms with Crippen molar-refractivity contribution in [2.24, 2.45) is 11.1 Å². The Morgan fingerprint density at radius 3 is 2.58 bits per heavy atom. The van der Waals surface area contributed by atoms with Crippen molar-refractivity contribution in [3.63, 3.8) is 0 Å². The Kier molecular flexibility index (Phi) is 7.75. The molecule has 1 saturated carbocycles. The number of anilines is 1. The zero-order valence-electron chi connectivity index (χ0n) is 19.8. The molecule has 176 valence electrons. The molecule has 0 aromatic heterocycles. The lowest BCUT2D eigenvalue weighted by atomic mass is 9.79. The van der Waals surface area contributed by atoms with E-state index in [1.165, 1.54) is 30.5 Å². The van der Waals surface area contributed by atoms with Gasteiger partial charge in [-0.1, -0.05) is 42.3 Å². The SMILES string of the molecule is Cc1cc(-c2cccc(S(N)=O)c2)c(Cl)cc1N(C[C@@H](C1CCC1)N(C)C)C1=CCCC=C1. The molecule has 0 bridgehead atoms. The van der Waals surface area contributed by atoms with Gasteiger partial charge in [-0.05, 0) is 94.1 Å². The predicted octanol–water partition coefficient (Wildman–Crippen LogP) is 6.07. The van der Waals surface area contributed by atoms with Gasteiger partial charge in [0.1, 0.15) is 11.0 Å². The second-order valence-corrected chi connectivity index (χ2v) is 10.9. The Morgan fingerprint density at radius 2 is 1.97 bits per heavy atom. The van der Waals surface area contributed by atoms with Crippen molar-refractivity contribution >= 4 is 28.3 Å². The van der Waals surface area contributed by atoms with Crippen molar-refractivity contribution in [1.29, 1.82) is 0 Å². The monoisotopic (exact) mass is 483 g/mol. The van der Waals surface area contributed by atoms with Crippen molar-refractivity contribution in [1.82, 2.24) is 4.90 Å². The van der Waals surface area contributed by atoms with Crippen LogP contribution in [0.1, 0.15) is 37.7 Å². The number of halogens is 1. The van der Waals surface area contributed by atoms with Gasteiger partial charge >= 0.3 is 0 Å². The van der Waals surface area contributed by atoms with Crippen molar-refractivity contribution in [2.45, 2.75) is 50.0 Å². The summed E-state index contributed by atoms with van der Waals surface area (Å²) in [5.74, 6) is 0.741. The highest BCUT2D eigenvalue weighted by molar-refractivity contribution is 7.82. The number of nitrogens with two attached hydrogens (primary N) is 1. The summed E-state index contributed by atoms with van der Waals surface area (Å²) in [7, 11) is 2.87. The molecule has 4 nitrogen and oxygen atoms in total. The van der Waals surface area contributed by atoms with Gasteiger partial charge in [0.25, 0.3) is 0 Å². The number of likely N-dealkylation sites (N-methyl/N-ethyl adjacent to an activating group) is 1. The molecule has 4 rings (SSSR count). The number of aryl methyl sites for hydroxylation is 1. The standard InChI is InChI=1S/C27H34ClN3OS/c1-19-15-24(21-11-8-14-23(16-21)33(29)32)25(28)17-26(19)31(22-12-5-4-6-13-22)18-27(30(2)3)20-9-7-10-20/h5,8,11-17,20,27H,4,6-7,9-10,18,29H2,1-3H3/t27-,33?/m0/s1. The highest BCUT2D eigenvalue weighted by atomic mass is 35.5. The molecule has 6 heteroatoms. The summed E-state index contributed by atoms with van der Waals surface area (Å²) in [6.45, 7) is 3.08. The number of hydrogen-bond acceptors (Lipinski definition) is 3. The molecule has 2 aromatic rings. The van der Waals surface area contributed by atoms with E-state index in [-0.39, 0.29) is 0 Å². The summed E-state index contributed by atoms with van der Waals surface area (Å²) < 4.78 is 11.8. The van der Waals surface area contributed by atoms with Gasteiger partial charge in [-0.25, -0.2) is 9.35 Å². The molecule has 0 aliphatic heterocycles. The molecule has 0 radical (unpaired) electrons. The van der Waals surface area contributed by atoms with Crippen LogP contribution in [0.5, 0.6) is 0 Å². The maximum atomic E-state index is 11.8. The molecule has 0 heterocycles. The molecule has 2 aromatic carbocycles. The van der Waals surface area contributed by atoms with Gasteiger partial charge in [-0.15, -0.1) is 0 Å². The normalized spacial score (nSPS) is 18.1. The van der Waals surface area contributed by atoms with Crippen molar-refractivity contribution in [3.05, 3.63) is 70.9 Å². The minimum Gasteiger partial charge on any atom is -0.340 e. The smallest absolute Gasteiger partial charge is 0.122 e. The zero-order chi connectivity index (χ0) is 23.5. The minimum absolute atomic E-state index is 0.490. The van der Waals surface area contributed by atoms with E-state index in [1.807, 2.05) is 18.2 Å². The molecule has 1 unspecified atom stereocenters. The molecule has 2 aliphatic carbocycles. The Hall–Kier alpha value is -1.92. The van der Waals surface area contributed by atoms with Crippen LogP contribution in [0.2, 0.25) is 5.02 Å². The van der Waals surface area contributed by atoms with E-state index in [1.54, 1.807) is 6.07 Å². The Bertz CT molecular complexity index is 1090. The fraction of sp³-hybridized carbons (Fsp3) is 0.407. The first-order chi connectivity index (χ1) is 15.8. The van der Waals surface area contributed by atoms with Gasteiger partial charge in [0, 0.05) is 29.5 Å². The number of hydrogen-bond donors (Lipinski definition) is 1. The molecule has 0 amide bonds. The molecule has 1 fully saturated rings.